The molecule has 6 nitrogen and oxygen atoms in total. The molecule has 3 rings (SSSR count). The minimum Gasteiger partial charge on any atom is -0.490 e. The Labute approximate surface area is 170 Å². The summed E-state index contributed by atoms with van der Waals surface area (Å²) in [4.78, 5) is 34.0. The summed E-state index contributed by atoms with van der Waals surface area (Å²) in [5, 5.41) is 0. The quantitative estimate of drug-likeness (QED) is 0.582. The Morgan fingerprint density at radius 2 is 1.86 bits per heavy atom. The summed E-state index contributed by atoms with van der Waals surface area (Å²) in [6.07, 6.45) is 2.55. The molecule has 0 saturated carbocycles. The molecule has 3 aromatic rings. The number of imidazole rings is 1. The highest BCUT2D eigenvalue weighted by atomic mass is 16.5. The Bertz CT molecular complexity index is 1040. The van der Waals surface area contributed by atoms with Crippen LogP contribution >= 0.6 is 0 Å². The van der Waals surface area contributed by atoms with Crippen molar-refractivity contribution in [3.05, 3.63) is 65.1 Å². The summed E-state index contributed by atoms with van der Waals surface area (Å²) in [6, 6.07) is 12.1. The molecule has 0 radical (unpaired) electrons. The number of nitrogens with zero attached hydrogens (tertiary/aromatic N) is 2. The average molecular weight is 394 g/mol. The number of aromatic nitrogens is 2. The number of aryl methyl sites for hydroxylation is 2. The van der Waals surface area contributed by atoms with E-state index in [0.29, 0.717) is 30.1 Å². The Hall–Kier alpha value is -3.24. The van der Waals surface area contributed by atoms with Gasteiger partial charge in [-0.25, -0.2) is 4.98 Å². The van der Waals surface area contributed by atoms with Crippen LogP contribution in [0.5, 0.6) is 5.75 Å². The van der Waals surface area contributed by atoms with E-state index in [2.05, 4.69) is 44.0 Å². The molecule has 0 amide bonds. The molecule has 0 bridgehead atoms. The number of pyridine rings is 1. The first-order valence-corrected chi connectivity index (χ1v) is 9.45. The fourth-order valence-electron chi connectivity index (χ4n) is 3.41. The molecule has 0 aliphatic heterocycles. The lowest BCUT2D eigenvalue weighted by Gasteiger charge is -2.25. The Morgan fingerprint density at radius 1 is 1.17 bits per heavy atom. The number of ketones is 1. The van der Waals surface area contributed by atoms with Crippen LogP contribution in [0.3, 0.4) is 0 Å². The molecule has 0 aliphatic carbocycles. The topological polar surface area (TPSA) is 77.7 Å². The molecule has 0 atom stereocenters. The lowest BCUT2D eigenvalue weighted by molar-refractivity contribution is -0.191. The first-order valence-electron chi connectivity index (χ1n) is 9.45. The number of ether oxygens (including phenoxy) is 1. The van der Waals surface area contributed by atoms with Crippen molar-refractivity contribution in [3.63, 3.8) is 0 Å². The van der Waals surface area contributed by atoms with Crippen molar-refractivity contribution >= 4 is 17.6 Å². The van der Waals surface area contributed by atoms with Gasteiger partial charge in [0.15, 0.2) is 17.2 Å². The van der Waals surface area contributed by atoms with Crippen LogP contribution in [-0.2, 0) is 15.0 Å². The fraction of sp³-hybridized carbons (Fsp3) is 0.348. The molecule has 2 aromatic heterocycles. The molecule has 0 spiro atoms. The molecule has 0 fully saturated rings. The molecular formula is C23H26N2O4. The summed E-state index contributed by atoms with van der Waals surface area (Å²) in [5.74, 6) is 0.797. The normalized spacial score (nSPS) is 10.8. The Morgan fingerprint density at radius 3 is 2.48 bits per heavy atom. The van der Waals surface area contributed by atoms with Crippen LogP contribution in [-0.4, -0.2) is 27.9 Å². The standard InChI is InChI=1S/C22H26N2O2.CO2/c1-6-26-19-11-8-12-24-20(16(3)23-21(19)24)18(25)14-22(4,5)17-10-7-9-15(2)13-17;2-1-3/h7-13H,6,14H2,1-5H3;. The summed E-state index contributed by atoms with van der Waals surface area (Å²) in [6.45, 7) is 10.7. The second kappa shape index (κ2) is 9.30. The van der Waals surface area contributed by atoms with E-state index in [9.17, 15) is 4.79 Å². The van der Waals surface area contributed by atoms with E-state index in [1.807, 2.05) is 42.6 Å². The van der Waals surface area contributed by atoms with E-state index in [4.69, 9.17) is 14.3 Å². The van der Waals surface area contributed by atoms with Gasteiger partial charge in [-0.2, -0.15) is 9.59 Å². The summed E-state index contributed by atoms with van der Waals surface area (Å²) < 4.78 is 7.51. The zero-order chi connectivity index (χ0) is 21.6. The van der Waals surface area contributed by atoms with Gasteiger partial charge in [0.2, 0.25) is 0 Å². The third-order valence-electron chi connectivity index (χ3n) is 4.75. The van der Waals surface area contributed by atoms with E-state index >= 15 is 0 Å². The van der Waals surface area contributed by atoms with Crippen LogP contribution in [0, 0.1) is 13.8 Å². The van der Waals surface area contributed by atoms with Crippen LogP contribution in [0.15, 0.2) is 42.6 Å². The minimum atomic E-state index is -0.253. The highest BCUT2D eigenvalue weighted by molar-refractivity contribution is 5.97. The molecule has 29 heavy (non-hydrogen) atoms. The molecule has 0 unspecified atom stereocenters. The number of carbonyl (C=O) groups excluding carboxylic acids is 3. The number of fused-ring (bicyclic) bond motifs is 1. The fourth-order valence-corrected chi connectivity index (χ4v) is 3.41. The van der Waals surface area contributed by atoms with Crippen molar-refractivity contribution < 1.29 is 19.1 Å². The van der Waals surface area contributed by atoms with Gasteiger partial charge >= 0.3 is 6.15 Å². The van der Waals surface area contributed by atoms with Gasteiger partial charge in [0.1, 0.15) is 5.69 Å². The maximum absolute atomic E-state index is 13.2. The second-order valence-electron chi connectivity index (χ2n) is 7.48. The van der Waals surface area contributed by atoms with Gasteiger partial charge in [-0.3, -0.25) is 9.20 Å². The summed E-state index contributed by atoms with van der Waals surface area (Å²) in [5.41, 5.74) is 4.20. The van der Waals surface area contributed by atoms with Gasteiger partial charge in [0.25, 0.3) is 0 Å². The first kappa shape index (κ1) is 22.1. The van der Waals surface area contributed by atoms with Gasteiger partial charge < -0.3 is 4.74 Å². The lowest BCUT2D eigenvalue weighted by atomic mass is 9.79. The second-order valence-corrected chi connectivity index (χ2v) is 7.48. The van der Waals surface area contributed by atoms with Crippen molar-refractivity contribution in [2.45, 2.75) is 46.5 Å². The van der Waals surface area contributed by atoms with E-state index < -0.39 is 0 Å². The highest BCUT2D eigenvalue weighted by Gasteiger charge is 2.28. The van der Waals surface area contributed by atoms with Crippen molar-refractivity contribution in [2.75, 3.05) is 6.61 Å². The predicted molar refractivity (Wildman–Crippen MR) is 109 cm³/mol. The number of hydrogen-bond acceptors (Lipinski definition) is 5. The van der Waals surface area contributed by atoms with Crippen LogP contribution in [0.4, 0.5) is 0 Å². The Balaban J connectivity index is 0.000000941. The van der Waals surface area contributed by atoms with Crippen molar-refractivity contribution in [3.8, 4) is 5.75 Å². The number of rotatable bonds is 6. The Kier molecular flexibility index (Phi) is 7.08. The molecular weight excluding hydrogens is 368 g/mol. The maximum atomic E-state index is 13.2. The zero-order valence-electron chi connectivity index (χ0n) is 17.5. The van der Waals surface area contributed by atoms with Gasteiger partial charge in [0, 0.05) is 12.6 Å². The van der Waals surface area contributed by atoms with Crippen LogP contribution in [0.1, 0.15) is 54.5 Å². The minimum absolute atomic E-state index is 0.0927. The third kappa shape index (κ3) is 4.98. The van der Waals surface area contributed by atoms with Crippen molar-refractivity contribution in [2.24, 2.45) is 0 Å². The first-order chi connectivity index (χ1) is 13.7. The third-order valence-corrected chi connectivity index (χ3v) is 4.75. The van der Waals surface area contributed by atoms with E-state index in [1.54, 1.807) is 0 Å². The SMILES string of the molecule is CCOc1cccn2c(C(=O)CC(C)(C)c3cccc(C)c3)c(C)nc12.O=C=O. The van der Waals surface area contributed by atoms with Crippen molar-refractivity contribution in [1.82, 2.24) is 9.38 Å². The number of benzene rings is 1. The lowest BCUT2D eigenvalue weighted by Crippen LogP contribution is -2.23. The predicted octanol–water partition coefficient (Wildman–Crippen LogP) is 4.32. The number of carbonyl (C=O) groups is 1. The molecule has 2 heterocycles. The monoisotopic (exact) mass is 394 g/mol. The highest BCUT2D eigenvalue weighted by Crippen LogP contribution is 2.31. The van der Waals surface area contributed by atoms with Crippen LogP contribution < -0.4 is 4.74 Å². The summed E-state index contributed by atoms with van der Waals surface area (Å²) >= 11 is 0. The van der Waals surface area contributed by atoms with E-state index in [0.717, 1.165) is 5.69 Å². The van der Waals surface area contributed by atoms with Gasteiger partial charge in [-0.05, 0) is 43.9 Å². The van der Waals surface area contributed by atoms with Crippen molar-refractivity contribution in [1.29, 1.82) is 0 Å². The van der Waals surface area contributed by atoms with E-state index in [1.165, 1.54) is 11.1 Å². The van der Waals surface area contributed by atoms with E-state index in [-0.39, 0.29) is 17.3 Å². The van der Waals surface area contributed by atoms with Crippen LogP contribution in [0.25, 0.3) is 5.65 Å². The average Bonchev–Trinajstić information content (AvgIpc) is 2.99. The van der Waals surface area contributed by atoms with Gasteiger partial charge in [-0.15, -0.1) is 0 Å². The van der Waals surface area contributed by atoms with Gasteiger partial charge in [0.05, 0.1) is 12.3 Å². The molecule has 6 heteroatoms. The summed E-state index contributed by atoms with van der Waals surface area (Å²) in [7, 11) is 0. The molecule has 1 aromatic carbocycles. The largest absolute Gasteiger partial charge is 0.490 e. The smallest absolute Gasteiger partial charge is 0.373 e. The molecule has 152 valence electrons. The van der Waals surface area contributed by atoms with Gasteiger partial charge in [-0.1, -0.05) is 43.7 Å². The number of hydrogen-bond donors (Lipinski definition) is 0. The number of Topliss-reactive ketones (excluding diaryl/α,β-unsaturated/α-hetero) is 1. The van der Waals surface area contributed by atoms with Crippen LogP contribution in [0.2, 0.25) is 0 Å². The zero-order valence-corrected chi connectivity index (χ0v) is 17.5. The molecule has 0 aliphatic rings. The molecule has 0 N–H and O–H groups in total. The maximum Gasteiger partial charge on any atom is 0.373 e. The molecule has 0 saturated heterocycles.